The first-order valence-corrected chi connectivity index (χ1v) is 9.36. The topological polar surface area (TPSA) is 54.3 Å². The summed E-state index contributed by atoms with van der Waals surface area (Å²) in [5.41, 5.74) is 0.931. The number of amides is 2. The molecule has 30 heavy (non-hydrogen) atoms. The number of rotatable bonds is 4. The van der Waals surface area contributed by atoms with Crippen LogP contribution in [0.25, 0.3) is 5.69 Å². The zero-order valence-corrected chi connectivity index (χ0v) is 15.8. The summed E-state index contributed by atoms with van der Waals surface area (Å²) >= 11 is 0. The van der Waals surface area contributed by atoms with Gasteiger partial charge in [-0.15, -0.1) is 0 Å². The first-order valence-electron chi connectivity index (χ1n) is 9.36. The number of benzene rings is 2. The Kier molecular flexibility index (Phi) is 5.07. The summed E-state index contributed by atoms with van der Waals surface area (Å²) in [4.78, 5) is 27.1. The molecule has 4 rings (SSSR count). The molecular formula is C22H18F3N3O2. The highest BCUT2D eigenvalue weighted by atomic mass is 19.4. The molecule has 1 saturated heterocycles. The van der Waals surface area contributed by atoms with E-state index in [9.17, 15) is 22.8 Å². The Labute approximate surface area is 170 Å². The summed E-state index contributed by atoms with van der Waals surface area (Å²) in [6, 6.07) is 15.3. The van der Waals surface area contributed by atoms with Crippen molar-refractivity contribution in [2.45, 2.75) is 12.6 Å². The van der Waals surface area contributed by atoms with Crippen LogP contribution in [0.15, 0.2) is 73.1 Å². The minimum atomic E-state index is -4.45. The second-order valence-electron chi connectivity index (χ2n) is 6.97. The number of carbonyl (C=O) groups is 2. The van der Waals surface area contributed by atoms with Crippen molar-refractivity contribution < 1.29 is 22.8 Å². The second kappa shape index (κ2) is 7.70. The molecule has 1 atom stereocenters. The Morgan fingerprint density at radius 3 is 2.20 bits per heavy atom. The molecule has 3 aromatic rings. The number of halogens is 3. The molecule has 154 valence electrons. The molecule has 1 aromatic heterocycles. The molecule has 1 fully saturated rings. The van der Waals surface area contributed by atoms with Gasteiger partial charge in [0.25, 0.3) is 0 Å². The molecule has 5 nitrogen and oxygen atoms in total. The lowest BCUT2D eigenvalue weighted by atomic mass is 10.1. The molecule has 0 aliphatic carbocycles. The molecule has 2 amide bonds. The molecule has 0 bridgehead atoms. The summed E-state index contributed by atoms with van der Waals surface area (Å²) in [5, 5.41) is 2.55. The zero-order chi connectivity index (χ0) is 21.3. The Balaban J connectivity index is 1.49. The van der Waals surface area contributed by atoms with Crippen LogP contribution in [0.4, 0.5) is 24.5 Å². The van der Waals surface area contributed by atoms with Gasteiger partial charge in [-0.25, -0.2) is 0 Å². The van der Waals surface area contributed by atoms with E-state index in [0.29, 0.717) is 18.7 Å². The standard InChI is InChI=1S/C22H18F3N3O2/c23-22(24,25)15-7-9-16(10-8-15)26-20(29)17-11-14-28(21(17)30)19-6-2-1-5-18(19)27-12-3-4-13-27/h1-10,12-13,17H,11,14H2,(H,26,29). The smallest absolute Gasteiger partial charge is 0.325 e. The fraction of sp³-hybridized carbons (Fsp3) is 0.182. The lowest BCUT2D eigenvalue weighted by molar-refractivity contribution is -0.137. The van der Waals surface area contributed by atoms with Gasteiger partial charge in [0.2, 0.25) is 11.8 Å². The van der Waals surface area contributed by atoms with Crippen LogP contribution < -0.4 is 10.2 Å². The number of anilines is 2. The summed E-state index contributed by atoms with van der Waals surface area (Å²) in [6.45, 7) is 0.377. The van der Waals surface area contributed by atoms with Crippen molar-refractivity contribution in [3.63, 3.8) is 0 Å². The van der Waals surface area contributed by atoms with Gasteiger partial charge in [-0.05, 0) is 55.0 Å². The van der Waals surface area contributed by atoms with E-state index in [4.69, 9.17) is 0 Å². The van der Waals surface area contributed by atoms with E-state index in [-0.39, 0.29) is 11.6 Å². The van der Waals surface area contributed by atoms with Crippen LogP contribution in [0.5, 0.6) is 0 Å². The predicted molar refractivity (Wildman–Crippen MR) is 106 cm³/mol. The maximum Gasteiger partial charge on any atom is 0.416 e. The Hall–Kier alpha value is -3.55. The van der Waals surface area contributed by atoms with E-state index in [1.807, 2.05) is 53.4 Å². The predicted octanol–water partition coefficient (Wildman–Crippen LogP) is 4.49. The summed E-state index contributed by atoms with van der Waals surface area (Å²) in [7, 11) is 0. The Morgan fingerprint density at radius 2 is 1.57 bits per heavy atom. The minimum absolute atomic E-state index is 0.215. The van der Waals surface area contributed by atoms with Gasteiger partial charge in [-0.1, -0.05) is 12.1 Å². The van der Waals surface area contributed by atoms with Crippen LogP contribution in [0, 0.1) is 5.92 Å². The first kappa shape index (κ1) is 19.8. The van der Waals surface area contributed by atoms with Crippen LogP contribution in [-0.2, 0) is 15.8 Å². The van der Waals surface area contributed by atoms with Crippen LogP contribution in [-0.4, -0.2) is 22.9 Å². The molecular weight excluding hydrogens is 395 g/mol. The molecule has 2 aromatic carbocycles. The highest BCUT2D eigenvalue weighted by molar-refractivity contribution is 6.13. The van der Waals surface area contributed by atoms with Crippen LogP contribution in [0.2, 0.25) is 0 Å². The van der Waals surface area contributed by atoms with Crippen molar-refractivity contribution in [2.24, 2.45) is 5.92 Å². The molecule has 0 radical (unpaired) electrons. The summed E-state index contributed by atoms with van der Waals surface area (Å²) in [5.74, 6) is -1.76. The fourth-order valence-electron chi connectivity index (χ4n) is 3.54. The summed E-state index contributed by atoms with van der Waals surface area (Å²) < 4.78 is 39.9. The quantitative estimate of drug-likeness (QED) is 0.641. The minimum Gasteiger partial charge on any atom is -0.325 e. The first-order chi connectivity index (χ1) is 14.3. The number of hydrogen-bond acceptors (Lipinski definition) is 2. The van der Waals surface area contributed by atoms with Crippen molar-refractivity contribution in [1.29, 1.82) is 0 Å². The van der Waals surface area contributed by atoms with Gasteiger partial charge in [-0.2, -0.15) is 13.2 Å². The van der Waals surface area contributed by atoms with Gasteiger partial charge in [0.15, 0.2) is 0 Å². The molecule has 0 spiro atoms. The van der Waals surface area contributed by atoms with Crippen molar-refractivity contribution in [3.8, 4) is 5.69 Å². The largest absolute Gasteiger partial charge is 0.416 e. The third kappa shape index (κ3) is 3.80. The normalized spacial score (nSPS) is 16.7. The Bertz CT molecular complexity index is 1060. The molecule has 2 heterocycles. The number of hydrogen-bond donors (Lipinski definition) is 1. The Morgan fingerprint density at radius 1 is 0.933 bits per heavy atom. The van der Waals surface area contributed by atoms with Crippen molar-refractivity contribution in [3.05, 3.63) is 78.6 Å². The lowest BCUT2D eigenvalue weighted by Crippen LogP contribution is -2.33. The average molecular weight is 413 g/mol. The summed E-state index contributed by atoms with van der Waals surface area (Å²) in [6.07, 6.45) is -0.384. The third-order valence-corrected chi connectivity index (χ3v) is 5.06. The van der Waals surface area contributed by atoms with Gasteiger partial charge < -0.3 is 14.8 Å². The van der Waals surface area contributed by atoms with Crippen LogP contribution in [0.1, 0.15) is 12.0 Å². The number of nitrogens with one attached hydrogen (secondary N) is 1. The van der Waals surface area contributed by atoms with Crippen LogP contribution in [0.3, 0.4) is 0 Å². The zero-order valence-electron chi connectivity index (χ0n) is 15.8. The van der Waals surface area contributed by atoms with E-state index in [1.165, 1.54) is 12.1 Å². The van der Waals surface area contributed by atoms with Gasteiger partial charge in [0.05, 0.1) is 16.9 Å². The van der Waals surface area contributed by atoms with Gasteiger partial charge in [-0.3, -0.25) is 9.59 Å². The van der Waals surface area contributed by atoms with E-state index >= 15 is 0 Å². The number of para-hydroxylation sites is 2. The molecule has 1 N–H and O–H groups in total. The van der Waals surface area contributed by atoms with Gasteiger partial charge in [0.1, 0.15) is 5.92 Å². The highest BCUT2D eigenvalue weighted by Gasteiger charge is 2.38. The number of carbonyl (C=O) groups excluding carboxylic acids is 2. The fourth-order valence-corrected chi connectivity index (χ4v) is 3.54. The number of nitrogens with zero attached hydrogens (tertiary/aromatic N) is 2. The number of aromatic nitrogens is 1. The monoisotopic (exact) mass is 413 g/mol. The van der Waals surface area contributed by atoms with E-state index in [0.717, 1.165) is 17.8 Å². The van der Waals surface area contributed by atoms with Gasteiger partial charge >= 0.3 is 6.18 Å². The lowest BCUT2D eigenvalue weighted by Gasteiger charge is -2.21. The molecule has 8 heteroatoms. The second-order valence-corrected chi connectivity index (χ2v) is 6.97. The SMILES string of the molecule is O=C(Nc1ccc(C(F)(F)F)cc1)C1CCN(c2ccccc2-n2cccc2)C1=O. The highest BCUT2D eigenvalue weighted by Crippen LogP contribution is 2.32. The molecule has 1 aliphatic rings. The maximum absolute atomic E-state index is 13.0. The van der Waals surface area contributed by atoms with Crippen molar-refractivity contribution in [2.75, 3.05) is 16.8 Å². The third-order valence-electron chi connectivity index (χ3n) is 5.06. The number of alkyl halides is 3. The van der Waals surface area contributed by atoms with E-state index in [2.05, 4.69) is 5.32 Å². The molecule has 1 unspecified atom stereocenters. The average Bonchev–Trinajstić information content (AvgIpc) is 3.37. The van der Waals surface area contributed by atoms with Crippen molar-refractivity contribution >= 4 is 23.2 Å². The van der Waals surface area contributed by atoms with E-state index < -0.39 is 23.6 Å². The molecule has 0 saturated carbocycles. The van der Waals surface area contributed by atoms with Crippen molar-refractivity contribution in [1.82, 2.24) is 4.57 Å². The van der Waals surface area contributed by atoms with Gasteiger partial charge in [0, 0.05) is 24.6 Å². The van der Waals surface area contributed by atoms with Crippen LogP contribution >= 0.6 is 0 Å². The van der Waals surface area contributed by atoms with E-state index in [1.54, 1.807) is 4.90 Å². The maximum atomic E-state index is 13.0. The molecule has 1 aliphatic heterocycles.